The zero-order chi connectivity index (χ0) is 23.0. The number of carbonyl (C=O) groups is 2. The second kappa shape index (κ2) is 8.36. The molecule has 1 saturated heterocycles. The third-order valence-corrected chi connectivity index (χ3v) is 6.93. The molecule has 2 aromatic rings. The SMILES string of the molecule is N#CC1(C(=O)N2CCN(c3ccccc3)CC2)NC2=C(C(=O)CCC2)C1c1ccc(F)cc1. The first-order valence-corrected chi connectivity index (χ1v) is 11.3. The molecule has 0 spiro atoms. The fourth-order valence-corrected chi connectivity index (χ4v) is 5.30. The van der Waals surface area contributed by atoms with Gasteiger partial charge in [-0.1, -0.05) is 30.3 Å². The molecular weight excluding hydrogens is 419 g/mol. The average Bonchev–Trinajstić information content (AvgIpc) is 3.21. The number of anilines is 1. The van der Waals surface area contributed by atoms with Crippen LogP contribution in [0.4, 0.5) is 10.1 Å². The van der Waals surface area contributed by atoms with Crippen LogP contribution in [0.1, 0.15) is 30.7 Å². The fourth-order valence-electron chi connectivity index (χ4n) is 5.30. The van der Waals surface area contributed by atoms with E-state index in [1.807, 2.05) is 30.3 Å². The molecule has 2 aromatic carbocycles. The van der Waals surface area contributed by atoms with Crippen LogP contribution in [0.2, 0.25) is 0 Å². The summed E-state index contributed by atoms with van der Waals surface area (Å²) < 4.78 is 13.6. The minimum atomic E-state index is -1.61. The summed E-state index contributed by atoms with van der Waals surface area (Å²) in [5.74, 6) is -1.53. The molecule has 1 aliphatic carbocycles. The van der Waals surface area contributed by atoms with Crippen LogP contribution in [0, 0.1) is 17.1 Å². The summed E-state index contributed by atoms with van der Waals surface area (Å²) in [6.45, 7) is 2.27. The fraction of sp³-hybridized carbons (Fsp3) is 0.346. The van der Waals surface area contributed by atoms with Crippen LogP contribution in [0.15, 0.2) is 65.9 Å². The van der Waals surface area contributed by atoms with Crippen LogP contribution in [0.5, 0.6) is 0 Å². The lowest BCUT2D eigenvalue weighted by Gasteiger charge is -2.40. The first-order chi connectivity index (χ1) is 16.0. The number of ketones is 1. The first-order valence-electron chi connectivity index (χ1n) is 11.3. The quantitative estimate of drug-likeness (QED) is 0.787. The lowest BCUT2D eigenvalue weighted by Crippen LogP contribution is -2.61. The third-order valence-electron chi connectivity index (χ3n) is 6.93. The minimum absolute atomic E-state index is 0.0445. The summed E-state index contributed by atoms with van der Waals surface area (Å²) in [6.07, 6.45) is 1.70. The number of nitrogens with one attached hydrogen (secondary N) is 1. The van der Waals surface area contributed by atoms with Gasteiger partial charge in [-0.05, 0) is 42.7 Å². The number of allylic oxidation sites excluding steroid dienone is 1. The summed E-state index contributed by atoms with van der Waals surface area (Å²) in [5.41, 5.74) is 1.27. The van der Waals surface area contributed by atoms with E-state index in [1.54, 1.807) is 17.0 Å². The van der Waals surface area contributed by atoms with Gasteiger partial charge in [-0.25, -0.2) is 4.39 Å². The molecule has 2 unspecified atom stereocenters. The average molecular weight is 445 g/mol. The van der Waals surface area contributed by atoms with Crippen molar-refractivity contribution in [2.45, 2.75) is 30.7 Å². The molecule has 1 fully saturated rings. The van der Waals surface area contributed by atoms with E-state index in [0.29, 0.717) is 62.3 Å². The maximum absolute atomic E-state index is 13.9. The number of halogens is 1. The Labute approximate surface area is 192 Å². The lowest BCUT2D eigenvalue weighted by molar-refractivity contribution is -0.136. The molecule has 2 aliphatic heterocycles. The molecule has 3 aliphatic rings. The van der Waals surface area contributed by atoms with Gasteiger partial charge in [0.1, 0.15) is 11.9 Å². The Morgan fingerprint density at radius 1 is 1.03 bits per heavy atom. The molecule has 0 aromatic heterocycles. The zero-order valence-electron chi connectivity index (χ0n) is 18.3. The van der Waals surface area contributed by atoms with Gasteiger partial charge in [0.05, 0.1) is 5.92 Å². The van der Waals surface area contributed by atoms with Crippen LogP contribution in [0.3, 0.4) is 0 Å². The Morgan fingerprint density at radius 3 is 2.39 bits per heavy atom. The van der Waals surface area contributed by atoms with Crippen molar-refractivity contribution in [3.63, 3.8) is 0 Å². The number of piperazine rings is 1. The molecule has 0 bridgehead atoms. The highest BCUT2D eigenvalue weighted by molar-refractivity contribution is 6.04. The van der Waals surface area contributed by atoms with Crippen LogP contribution in [-0.4, -0.2) is 48.3 Å². The highest BCUT2D eigenvalue weighted by Gasteiger charge is 2.57. The lowest BCUT2D eigenvalue weighted by atomic mass is 9.74. The number of hydrogen-bond donors (Lipinski definition) is 1. The van der Waals surface area contributed by atoms with Crippen molar-refractivity contribution in [2.24, 2.45) is 0 Å². The Morgan fingerprint density at radius 2 is 1.73 bits per heavy atom. The molecule has 168 valence electrons. The molecular formula is C26H25FN4O2. The Hall–Kier alpha value is -3.66. The number of benzene rings is 2. The van der Waals surface area contributed by atoms with Crippen molar-refractivity contribution in [1.29, 1.82) is 5.26 Å². The summed E-state index contributed by atoms with van der Waals surface area (Å²) >= 11 is 0. The van der Waals surface area contributed by atoms with Gasteiger partial charge in [-0.3, -0.25) is 9.59 Å². The topological polar surface area (TPSA) is 76.4 Å². The van der Waals surface area contributed by atoms with Crippen LogP contribution in [0.25, 0.3) is 0 Å². The van der Waals surface area contributed by atoms with Gasteiger partial charge < -0.3 is 15.1 Å². The summed E-state index contributed by atoms with van der Waals surface area (Å²) in [6, 6.07) is 18.1. The zero-order valence-corrected chi connectivity index (χ0v) is 18.3. The molecule has 0 radical (unpaired) electrons. The van der Waals surface area contributed by atoms with Gasteiger partial charge in [0.25, 0.3) is 5.91 Å². The highest BCUT2D eigenvalue weighted by atomic mass is 19.1. The van der Waals surface area contributed by atoms with Crippen molar-refractivity contribution >= 4 is 17.4 Å². The van der Waals surface area contributed by atoms with Crippen molar-refractivity contribution < 1.29 is 14.0 Å². The number of Topliss-reactive ketones (excluding diaryl/α,β-unsaturated/α-hetero) is 1. The van der Waals surface area contributed by atoms with Gasteiger partial charge in [-0.15, -0.1) is 0 Å². The number of amides is 1. The standard InChI is InChI=1S/C26H25FN4O2/c27-19-11-9-18(10-12-19)24-23-21(7-4-8-22(23)32)29-26(24,17-28)25(33)31-15-13-30(14-16-31)20-5-2-1-3-6-20/h1-3,5-6,9-12,24,29H,4,7-8,13-16H2. The number of nitriles is 1. The van der Waals surface area contributed by atoms with E-state index in [-0.39, 0.29) is 11.7 Å². The number of hydrogen-bond acceptors (Lipinski definition) is 5. The third kappa shape index (κ3) is 3.56. The predicted octanol–water partition coefficient (Wildman–Crippen LogP) is 3.13. The molecule has 2 atom stereocenters. The second-order valence-corrected chi connectivity index (χ2v) is 8.81. The summed E-state index contributed by atoms with van der Waals surface area (Å²) in [7, 11) is 0. The highest BCUT2D eigenvalue weighted by Crippen LogP contribution is 2.46. The molecule has 33 heavy (non-hydrogen) atoms. The summed E-state index contributed by atoms with van der Waals surface area (Å²) in [4.78, 5) is 30.8. The Balaban J connectivity index is 1.46. The van der Waals surface area contributed by atoms with E-state index < -0.39 is 17.3 Å². The monoisotopic (exact) mass is 444 g/mol. The van der Waals surface area contributed by atoms with Crippen LogP contribution < -0.4 is 10.2 Å². The molecule has 2 heterocycles. The molecule has 6 nitrogen and oxygen atoms in total. The first kappa shape index (κ1) is 21.2. The van der Waals surface area contributed by atoms with Crippen LogP contribution >= 0.6 is 0 Å². The van der Waals surface area contributed by atoms with Gasteiger partial charge in [0.15, 0.2) is 5.78 Å². The molecule has 1 amide bonds. The van der Waals surface area contributed by atoms with Crippen molar-refractivity contribution in [1.82, 2.24) is 10.2 Å². The Kier molecular flexibility index (Phi) is 5.37. The van der Waals surface area contributed by atoms with Gasteiger partial charge in [0, 0.05) is 49.6 Å². The van der Waals surface area contributed by atoms with Crippen LogP contribution in [-0.2, 0) is 9.59 Å². The van der Waals surface area contributed by atoms with E-state index in [0.717, 1.165) is 5.69 Å². The molecule has 1 N–H and O–H groups in total. The molecule has 7 heteroatoms. The largest absolute Gasteiger partial charge is 0.368 e. The smallest absolute Gasteiger partial charge is 0.264 e. The van der Waals surface area contributed by atoms with Crippen molar-refractivity contribution in [3.8, 4) is 6.07 Å². The van der Waals surface area contributed by atoms with Gasteiger partial charge in [-0.2, -0.15) is 5.26 Å². The van der Waals surface area contributed by atoms with E-state index in [9.17, 15) is 19.2 Å². The van der Waals surface area contributed by atoms with E-state index in [4.69, 9.17) is 0 Å². The number of rotatable bonds is 3. The number of nitrogens with zero attached hydrogens (tertiary/aromatic N) is 3. The van der Waals surface area contributed by atoms with Crippen molar-refractivity contribution in [2.75, 3.05) is 31.1 Å². The minimum Gasteiger partial charge on any atom is -0.368 e. The second-order valence-electron chi connectivity index (χ2n) is 8.81. The van der Waals surface area contributed by atoms with E-state index in [1.165, 1.54) is 12.1 Å². The normalized spacial score (nSPS) is 24.8. The number of carbonyl (C=O) groups excluding carboxylic acids is 2. The number of para-hydroxylation sites is 1. The Bertz CT molecular complexity index is 1150. The van der Waals surface area contributed by atoms with Gasteiger partial charge >= 0.3 is 0 Å². The predicted molar refractivity (Wildman–Crippen MR) is 122 cm³/mol. The maximum Gasteiger partial charge on any atom is 0.264 e. The van der Waals surface area contributed by atoms with E-state index >= 15 is 0 Å². The molecule has 0 saturated carbocycles. The maximum atomic E-state index is 13.9. The van der Waals surface area contributed by atoms with E-state index in [2.05, 4.69) is 16.3 Å². The summed E-state index contributed by atoms with van der Waals surface area (Å²) in [5, 5.41) is 13.6. The van der Waals surface area contributed by atoms with Gasteiger partial charge in [0.2, 0.25) is 5.54 Å². The van der Waals surface area contributed by atoms with Crippen molar-refractivity contribution in [3.05, 3.63) is 77.2 Å². The molecule has 5 rings (SSSR count).